The molecule has 2 N–H and O–H groups in total. The number of hydrogen-bond acceptors (Lipinski definition) is 4. The third-order valence-electron chi connectivity index (χ3n) is 1.93. The molecule has 1 heterocycles. The zero-order chi connectivity index (χ0) is 12.3. The Labute approximate surface area is 88.7 Å². The maximum Gasteiger partial charge on any atom is 0.310 e. The van der Waals surface area contributed by atoms with E-state index in [4.69, 9.17) is 0 Å². The van der Waals surface area contributed by atoms with Gasteiger partial charge in [0, 0.05) is 11.6 Å². The summed E-state index contributed by atoms with van der Waals surface area (Å²) < 4.78 is 29.3. The average molecular weight is 233 g/mol. The average Bonchev–Trinajstić information content (AvgIpc) is 2.20. The van der Waals surface area contributed by atoms with Crippen LogP contribution in [-0.2, 0) is 16.0 Å². The molecule has 0 aliphatic rings. The number of carbonyl (C=O) groups excluding carboxylic acids is 1. The zero-order valence-corrected chi connectivity index (χ0v) is 8.29. The van der Waals surface area contributed by atoms with Gasteiger partial charge in [0.25, 0.3) is 12.0 Å². The van der Waals surface area contributed by atoms with Crippen LogP contribution in [0.15, 0.2) is 10.9 Å². The number of nitrogens with one attached hydrogen (secondary N) is 1. The molecule has 0 aliphatic heterocycles. The number of ether oxygens (including phenoxy) is 1. The highest BCUT2D eigenvalue weighted by molar-refractivity contribution is 5.73. The van der Waals surface area contributed by atoms with Crippen molar-refractivity contribution in [2.24, 2.45) is 0 Å². The van der Waals surface area contributed by atoms with E-state index in [0.29, 0.717) is 0 Å². The van der Waals surface area contributed by atoms with Gasteiger partial charge in [-0.05, 0) is 0 Å². The minimum absolute atomic E-state index is 0.332. The summed E-state index contributed by atoms with van der Waals surface area (Å²) in [6.07, 6.45) is -3.52. The molecule has 88 valence electrons. The fraction of sp³-hybridized carbons (Fsp3) is 0.333. The Kier molecular flexibility index (Phi) is 3.60. The number of halogens is 2. The Morgan fingerprint density at radius 1 is 1.62 bits per heavy atom. The first-order chi connectivity index (χ1) is 7.45. The number of esters is 1. The second kappa shape index (κ2) is 4.73. The van der Waals surface area contributed by atoms with E-state index < -0.39 is 35.8 Å². The molecule has 0 aromatic carbocycles. The highest BCUT2D eigenvalue weighted by Gasteiger charge is 2.20. The van der Waals surface area contributed by atoms with Gasteiger partial charge in [0.05, 0.1) is 19.2 Å². The summed E-state index contributed by atoms with van der Waals surface area (Å²) in [5.41, 5.74) is -1.96. The summed E-state index contributed by atoms with van der Waals surface area (Å²) in [6, 6.07) is 0.726. The van der Waals surface area contributed by atoms with Crippen LogP contribution in [0.4, 0.5) is 8.78 Å². The Bertz CT molecular complexity index is 455. The lowest BCUT2D eigenvalue weighted by Gasteiger charge is -2.09. The van der Waals surface area contributed by atoms with Gasteiger partial charge in [0.1, 0.15) is 5.75 Å². The van der Waals surface area contributed by atoms with Crippen LogP contribution in [0.25, 0.3) is 0 Å². The van der Waals surface area contributed by atoms with Gasteiger partial charge in [0.15, 0.2) is 0 Å². The zero-order valence-electron chi connectivity index (χ0n) is 8.29. The van der Waals surface area contributed by atoms with Crippen molar-refractivity contribution in [1.29, 1.82) is 0 Å². The number of H-pyrrole nitrogens is 1. The van der Waals surface area contributed by atoms with Crippen LogP contribution < -0.4 is 5.56 Å². The normalized spacial score (nSPS) is 10.5. The first-order valence-electron chi connectivity index (χ1n) is 4.25. The molecule has 0 bridgehead atoms. The molecule has 0 unspecified atom stereocenters. The Hall–Kier alpha value is -1.92. The van der Waals surface area contributed by atoms with Crippen LogP contribution in [0.1, 0.15) is 17.7 Å². The summed E-state index contributed by atoms with van der Waals surface area (Å²) in [4.78, 5) is 23.7. The third kappa shape index (κ3) is 2.56. The summed E-state index contributed by atoms with van der Waals surface area (Å²) >= 11 is 0. The molecule has 0 aliphatic carbocycles. The van der Waals surface area contributed by atoms with Gasteiger partial charge in [-0.1, -0.05) is 0 Å². The van der Waals surface area contributed by atoms with Gasteiger partial charge in [-0.15, -0.1) is 0 Å². The topological polar surface area (TPSA) is 79.4 Å². The fourth-order valence-electron chi connectivity index (χ4n) is 1.18. The molecule has 7 heteroatoms. The van der Waals surface area contributed by atoms with E-state index in [1.807, 2.05) is 4.98 Å². The Morgan fingerprint density at radius 3 is 2.75 bits per heavy atom. The summed E-state index contributed by atoms with van der Waals surface area (Å²) in [7, 11) is 1.09. The number of aromatic amines is 1. The molecule has 0 atom stereocenters. The van der Waals surface area contributed by atoms with Crippen LogP contribution in [-0.4, -0.2) is 23.2 Å². The quantitative estimate of drug-likeness (QED) is 0.754. The number of methoxy groups -OCH3 is 1. The molecule has 0 saturated heterocycles. The van der Waals surface area contributed by atoms with Crippen molar-refractivity contribution in [3.8, 4) is 5.75 Å². The number of rotatable bonds is 3. The first kappa shape index (κ1) is 12.2. The van der Waals surface area contributed by atoms with Crippen LogP contribution in [0.5, 0.6) is 5.75 Å². The number of carbonyl (C=O) groups is 1. The molecule has 1 aromatic rings. The molecule has 1 rings (SSSR count). The number of aromatic nitrogens is 1. The summed E-state index contributed by atoms with van der Waals surface area (Å²) in [6.45, 7) is 0. The second-order valence-electron chi connectivity index (χ2n) is 2.96. The molecule has 0 spiro atoms. The highest BCUT2D eigenvalue weighted by atomic mass is 19.3. The number of alkyl halides is 2. The molecule has 0 radical (unpaired) electrons. The van der Waals surface area contributed by atoms with Crippen molar-refractivity contribution in [3.63, 3.8) is 0 Å². The third-order valence-corrected chi connectivity index (χ3v) is 1.93. The van der Waals surface area contributed by atoms with Gasteiger partial charge in [-0.2, -0.15) is 0 Å². The molecule has 0 saturated carbocycles. The number of aromatic hydroxyl groups is 1. The Balaban J connectivity index is 3.24. The van der Waals surface area contributed by atoms with Crippen molar-refractivity contribution in [2.45, 2.75) is 12.8 Å². The predicted molar refractivity (Wildman–Crippen MR) is 49.4 cm³/mol. The molecule has 16 heavy (non-hydrogen) atoms. The SMILES string of the molecule is COC(=O)Cc1c(O)cc(=O)[nH]c1C(F)F. The van der Waals surface area contributed by atoms with Gasteiger partial charge in [-0.3, -0.25) is 9.59 Å². The maximum atomic E-state index is 12.5. The predicted octanol–water partition coefficient (Wildman–Crippen LogP) is 0.734. The van der Waals surface area contributed by atoms with E-state index in [-0.39, 0.29) is 5.56 Å². The smallest absolute Gasteiger partial charge is 0.310 e. The van der Waals surface area contributed by atoms with Crippen molar-refractivity contribution in [1.82, 2.24) is 4.98 Å². The number of hydrogen-bond donors (Lipinski definition) is 2. The minimum atomic E-state index is -2.99. The van der Waals surface area contributed by atoms with Gasteiger partial charge in [-0.25, -0.2) is 8.78 Å². The molecule has 0 fully saturated rings. The van der Waals surface area contributed by atoms with Crippen molar-refractivity contribution < 1.29 is 23.4 Å². The summed E-state index contributed by atoms with van der Waals surface area (Å²) in [5.74, 6) is -1.44. The molecule has 1 aromatic heterocycles. The van der Waals surface area contributed by atoms with Crippen molar-refractivity contribution >= 4 is 5.97 Å². The van der Waals surface area contributed by atoms with E-state index in [1.165, 1.54) is 0 Å². The summed E-state index contributed by atoms with van der Waals surface area (Å²) in [5, 5.41) is 9.30. The fourth-order valence-corrected chi connectivity index (χ4v) is 1.18. The van der Waals surface area contributed by atoms with E-state index in [1.54, 1.807) is 0 Å². The van der Waals surface area contributed by atoms with Crippen LogP contribution in [0.2, 0.25) is 0 Å². The monoisotopic (exact) mass is 233 g/mol. The van der Waals surface area contributed by atoms with E-state index in [9.17, 15) is 23.5 Å². The lowest BCUT2D eigenvalue weighted by molar-refractivity contribution is -0.139. The molecule has 5 nitrogen and oxygen atoms in total. The van der Waals surface area contributed by atoms with Crippen molar-refractivity contribution in [3.05, 3.63) is 27.7 Å². The van der Waals surface area contributed by atoms with Gasteiger partial charge in [0.2, 0.25) is 0 Å². The van der Waals surface area contributed by atoms with Crippen LogP contribution in [0, 0.1) is 0 Å². The van der Waals surface area contributed by atoms with Gasteiger partial charge < -0.3 is 14.8 Å². The van der Waals surface area contributed by atoms with Gasteiger partial charge >= 0.3 is 5.97 Å². The van der Waals surface area contributed by atoms with E-state index in [2.05, 4.69) is 4.74 Å². The largest absolute Gasteiger partial charge is 0.507 e. The van der Waals surface area contributed by atoms with E-state index in [0.717, 1.165) is 13.2 Å². The lowest BCUT2D eigenvalue weighted by atomic mass is 10.1. The van der Waals surface area contributed by atoms with E-state index >= 15 is 0 Å². The maximum absolute atomic E-state index is 12.5. The van der Waals surface area contributed by atoms with Crippen LogP contribution >= 0.6 is 0 Å². The standard InChI is InChI=1S/C9H9F2NO4/c1-16-7(15)2-4-5(13)3-6(14)12-8(4)9(10)11/h3,9H,2H2,1H3,(H2,12,13,14). The first-order valence-corrected chi connectivity index (χ1v) is 4.25. The minimum Gasteiger partial charge on any atom is -0.507 e. The van der Waals surface area contributed by atoms with Crippen LogP contribution in [0.3, 0.4) is 0 Å². The van der Waals surface area contributed by atoms with Crippen molar-refractivity contribution in [2.75, 3.05) is 7.11 Å². The molecular weight excluding hydrogens is 224 g/mol. The Morgan fingerprint density at radius 2 is 2.25 bits per heavy atom. The highest BCUT2D eigenvalue weighted by Crippen LogP contribution is 2.26. The molecular formula is C9H9F2NO4. The lowest BCUT2D eigenvalue weighted by Crippen LogP contribution is -2.14. The second-order valence-corrected chi connectivity index (χ2v) is 2.96. The molecule has 0 amide bonds. The number of pyridine rings is 1.